The fourth-order valence-electron chi connectivity index (χ4n) is 1.90. The summed E-state index contributed by atoms with van der Waals surface area (Å²) in [6, 6.07) is 6.29. The van der Waals surface area contributed by atoms with E-state index in [1.165, 1.54) is 12.1 Å². The van der Waals surface area contributed by atoms with Crippen molar-refractivity contribution < 1.29 is 18.3 Å². The van der Waals surface area contributed by atoms with Crippen molar-refractivity contribution in [2.75, 3.05) is 12.9 Å². The maximum Gasteiger partial charge on any atom is 0.175 e. The molecule has 18 heavy (non-hydrogen) atoms. The second-order valence-electron chi connectivity index (χ2n) is 4.41. The average Bonchev–Trinajstić information content (AvgIpc) is 2.38. The molecule has 1 aromatic rings. The molecule has 1 aromatic carbocycles. The van der Waals surface area contributed by atoms with E-state index in [9.17, 15) is 13.5 Å². The van der Waals surface area contributed by atoms with Crippen LogP contribution in [-0.4, -0.2) is 26.4 Å². The minimum Gasteiger partial charge on any atom is -0.501 e. The second-order valence-corrected chi connectivity index (χ2v) is 6.43. The fourth-order valence-corrected chi connectivity index (χ4v) is 2.53. The number of aliphatic hydroxyl groups is 1. The number of hydrogen-bond acceptors (Lipinski definition) is 4. The van der Waals surface area contributed by atoms with Gasteiger partial charge in [0.25, 0.3) is 0 Å². The van der Waals surface area contributed by atoms with E-state index in [0.717, 1.165) is 24.7 Å². The van der Waals surface area contributed by atoms with Gasteiger partial charge in [0.2, 0.25) is 0 Å². The molecule has 2 rings (SSSR count). The topological polar surface area (TPSA) is 63.6 Å². The summed E-state index contributed by atoms with van der Waals surface area (Å²) < 4.78 is 27.8. The highest BCUT2D eigenvalue weighted by atomic mass is 32.2. The van der Waals surface area contributed by atoms with E-state index in [1.54, 1.807) is 18.4 Å². The van der Waals surface area contributed by atoms with Crippen LogP contribution < -0.4 is 0 Å². The molecular weight excluding hydrogens is 252 g/mol. The van der Waals surface area contributed by atoms with Gasteiger partial charge in [0.1, 0.15) is 6.10 Å². The molecule has 1 heterocycles. The van der Waals surface area contributed by atoms with Crippen molar-refractivity contribution in [3.8, 4) is 0 Å². The van der Waals surface area contributed by atoms with Gasteiger partial charge >= 0.3 is 0 Å². The molecule has 0 saturated heterocycles. The Morgan fingerprint density at radius 2 is 1.94 bits per heavy atom. The first-order valence-corrected chi connectivity index (χ1v) is 7.66. The molecule has 4 nitrogen and oxygen atoms in total. The molecule has 0 amide bonds. The molecule has 0 radical (unpaired) electrons. The standard InChI is InChI=1S/C13H16O4S/c1-18(15,16)12-6-4-10(5-7-12)13(14)11-3-2-8-17-9-11/h4-7,9,13-14H,2-3,8H2,1H3. The van der Waals surface area contributed by atoms with Crippen molar-refractivity contribution in [3.63, 3.8) is 0 Å². The number of sulfone groups is 1. The highest BCUT2D eigenvalue weighted by Crippen LogP contribution is 2.28. The van der Waals surface area contributed by atoms with Crippen molar-refractivity contribution in [2.45, 2.75) is 23.8 Å². The third kappa shape index (κ3) is 2.91. The van der Waals surface area contributed by atoms with Gasteiger partial charge < -0.3 is 9.84 Å². The third-order valence-electron chi connectivity index (χ3n) is 2.94. The highest BCUT2D eigenvalue weighted by Gasteiger charge is 2.17. The summed E-state index contributed by atoms with van der Waals surface area (Å²) in [5, 5.41) is 10.1. The van der Waals surface area contributed by atoms with E-state index in [-0.39, 0.29) is 4.90 Å². The van der Waals surface area contributed by atoms with Crippen LogP contribution in [0.15, 0.2) is 41.0 Å². The first-order valence-electron chi connectivity index (χ1n) is 5.77. The Balaban J connectivity index is 2.21. The summed E-state index contributed by atoms with van der Waals surface area (Å²) in [4.78, 5) is 0.257. The maximum absolute atomic E-state index is 11.3. The molecule has 1 atom stereocenters. The lowest BCUT2D eigenvalue weighted by Gasteiger charge is -2.19. The molecule has 1 unspecified atom stereocenters. The Morgan fingerprint density at radius 3 is 2.44 bits per heavy atom. The van der Waals surface area contributed by atoms with Gasteiger partial charge in [0.15, 0.2) is 9.84 Å². The summed E-state index contributed by atoms with van der Waals surface area (Å²) in [5.41, 5.74) is 1.51. The monoisotopic (exact) mass is 268 g/mol. The van der Waals surface area contributed by atoms with E-state index in [2.05, 4.69) is 0 Å². The van der Waals surface area contributed by atoms with Gasteiger partial charge in [-0.3, -0.25) is 0 Å². The van der Waals surface area contributed by atoms with Gasteiger partial charge in [-0.2, -0.15) is 0 Å². The van der Waals surface area contributed by atoms with Gasteiger partial charge in [-0.05, 0) is 36.1 Å². The molecule has 0 aromatic heterocycles. The maximum atomic E-state index is 11.3. The molecule has 0 saturated carbocycles. The molecule has 1 aliphatic rings. The zero-order valence-corrected chi connectivity index (χ0v) is 11.0. The SMILES string of the molecule is CS(=O)(=O)c1ccc(C(O)C2=COCCC2)cc1. The second kappa shape index (κ2) is 5.12. The van der Waals surface area contributed by atoms with E-state index in [1.807, 2.05) is 0 Å². The largest absolute Gasteiger partial charge is 0.501 e. The Morgan fingerprint density at radius 1 is 1.28 bits per heavy atom. The third-order valence-corrected chi connectivity index (χ3v) is 4.07. The minimum absolute atomic E-state index is 0.257. The van der Waals surface area contributed by atoms with Gasteiger partial charge in [-0.1, -0.05) is 12.1 Å². The fraction of sp³-hybridized carbons (Fsp3) is 0.385. The van der Waals surface area contributed by atoms with Crippen LogP contribution in [0.25, 0.3) is 0 Å². The van der Waals surface area contributed by atoms with E-state index >= 15 is 0 Å². The van der Waals surface area contributed by atoms with Crippen LogP contribution in [-0.2, 0) is 14.6 Å². The molecule has 5 heteroatoms. The Bertz CT molecular complexity index is 543. The molecule has 98 valence electrons. The number of aliphatic hydroxyl groups excluding tert-OH is 1. The summed E-state index contributed by atoms with van der Waals surface area (Å²) in [7, 11) is -3.19. The van der Waals surface area contributed by atoms with Crippen molar-refractivity contribution >= 4 is 9.84 Å². The van der Waals surface area contributed by atoms with Crippen LogP contribution >= 0.6 is 0 Å². The van der Waals surface area contributed by atoms with E-state index in [4.69, 9.17) is 4.74 Å². The summed E-state index contributed by atoms with van der Waals surface area (Å²) in [6.07, 6.45) is 3.73. The van der Waals surface area contributed by atoms with Crippen LogP contribution in [0.5, 0.6) is 0 Å². The number of ether oxygens (including phenoxy) is 1. The highest BCUT2D eigenvalue weighted by molar-refractivity contribution is 7.90. The Labute approximate surface area is 107 Å². The van der Waals surface area contributed by atoms with Crippen LogP contribution in [0.2, 0.25) is 0 Å². The lowest BCUT2D eigenvalue weighted by atomic mass is 9.98. The number of benzene rings is 1. The molecule has 0 spiro atoms. The zero-order valence-electron chi connectivity index (χ0n) is 10.2. The van der Waals surface area contributed by atoms with Crippen LogP contribution in [0.4, 0.5) is 0 Å². The van der Waals surface area contributed by atoms with Gasteiger partial charge in [-0.25, -0.2) is 8.42 Å². The van der Waals surface area contributed by atoms with Crippen molar-refractivity contribution in [1.29, 1.82) is 0 Å². The minimum atomic E-state index is -3.19. The summed E-state index contributed by atoms with van der Waals surface area (Å²) in [6.45, 7) is 0.684. The summed E-state index contributed by atoms with van der Waals surface area (Å²) in [5.74, 6) is 0. The quantitative estimate of drug-likeness (QED) is 0.908. The van der Waals surface area contributed by atoms with Gasteiger partial charge in [0, 0.05) is 6.26 Å². The average molecular weight is 268 g/mol. The van der Waals surface area contributed by atoms with Crippen LogP contribution in [0.3, 0.4) is 0 Å². The van der Waals surface area contributed by atoms with Crippen molar-refractivity contribution in [3.05, 3.63) is 41.7 Å². The van der Waals surface area contributed by atoms with E-state index in [0.29, 0.717) is 12.2 Å². The predicted molar refractivity (Wildman–Crippen MR) is 67.8 cm³/mol. The van der Waals surface area contributed by atoms with Crippen LogP contribution in [0, 0.1) is 0 Å². The molecule has 0 aliphatic carbocycles. The molecular formula is C13H16O4S. The van der Waals surface area contributed by atoms with Gasteiger partial charge in [-0.15, -0.1) is 0 Å². The first-order chi connectivity index (χ1) is 8.48. The predicted octanol–water partition coefficient (Wildman–Crippen LogP) is 1.82. The normalized spacial score (nSPS) is 17.8. The first kappa shape index (κ1) is 13.1. The lowest BCUT2D eigenvalue weighted by molar-refractivity contribution is 0.170. The molecule has 0 fully saturated rings. The number of hydrogen-bond donors (Lipinski definition) is 1. The number of rotatable bonds is 3. The Hall–Kier alpha value is -1.33. The Kier molecular flexibility index (Phi) is 3.73. The molecule has 1 N–H and O–H groups in total. The smallest absolute Gasteiger partial charge is 0.175 e. The molecule has 1 aliphatic heterocycles. The molecule has 0 bridgehead atoms. The van der Waals surface area contributed by atoms with Gasteiger partial charge in [0.05, 0.1) is 17.8 Å². The zero-order chi connectivity index (χ0) is 13.2. The summed E-state index contributed by atoms with van der Waals surface area (Å²) >= 11 is 0. The van der Waals surface area contributed by atoms with E-state index < -0.39 is 15.9 Å². The van der Waals surface area contributed by atoms with Crippen molar-refractivity contribution in [2.24, 2.45) is 0 Å². The van der Waals surface area contributed by atoms with Crippen LogP contribution in [0.1, 0.15) is 24.5 Å². The van der Waals surface area contributed by atoms with Crippen molar-refractivity contribution in [1.82, 2.24) is 0 Å². The lowest BCUT2D eigenvalue weighted by Crippen LogP contribution is -2.08.